The number of nitrogens with zero attached hydrogens (tertiary/aromatic N) is 4. The first-order valence-corrected chi connectivity index (χ1v) is 16.6. The second-order valence-electron chi connectivity index (χ2n) is 12.0. The Kier molecular flexibility index (Phi) is 6.71. The Hall–Kier alpha value is -1.28. The monoisotopic (exact) mass is 537 g/mol. The number of rotatable bonds is 6. The smallest absolute Gasteiger partial charge is 0.192 e. The highest BCUT2D eigenvalue weighted by atomic mass is 32.2. The van der Waals surface area contributed by atoms with Gasteiger partial charge in [-0.1, -0.05) is 32.5 Å². The van der Waals surface area contributed by atoms with E-state index in [1.807, 2.05) is 13.8 Å². The molecule has 2 aromatic rings. The molecular formula is C24H39N5O5SSi. The standard InChI is InChI=1S/C24H39N5O5SSi/c1-23(2,3)36(6,7)34-13-9-8-10-15(13)35-21-16-19(25)26-12-27-20(16)29(28-21)22-18-17(14(11-30)31-22)32-24(4,5)33-18/h12-15,17-18,22,30H,8-11H2,1-7H3,(H2,25,26,27)/t13?,14-,15+,17-,18-,22-/m1/s1. The van der Waals surface area contributed by atoms with Crippen molar-refractivity contribution >= 4 is 36.9 Å². The van der Waals surface area contributed by atoms with Crippen LogP contribution < -0.4 is 5.73 Å². The molecule has 3 N–H and O–H groups in total. The summed E-state index contributed by atoms with van der Waals surface area (Å²) in [4.78, 5) is 8.78. The first-order valence-electron chi connectivity index (χ1n) is 12.8. The Morgan fingerprint density at radius 1 is 1.22 bits per heavy atom. The zero-order valence-electron chi connectivity index (χ0n) is 22.2. The van der Waals surface area contributed by atoms with Crippen molar-refractivity contribution in [1.82, 2.24) is 19.7 Å². The Morgan fingerprint density at radius 2 is 1.94 bits per heavy atom. The first-order chi connectivity index (χ1) is 16.8. The van der Waals surface area contributed by atoms with Crippen LogP contribution in [0.2, 0.25) is 18.1 Å². The third-order valence-corrected chi connectivity index (χ3v) is 13.8. The van der Waals surface area contributed by atoms with Gasteiger partial charge in [-0.15, -0.1) is 0 Å². The average molecular weight is 538 g/mol. The Balaban J connectivity index is 1.47. The number of fused-ring (bicyclic) bond motifs is 2. The van der Waals surface area contributed by atoms with E-state index < -0.39 is 38.6 Å². The molecule has 5 rings (SSSR count). The molecule has 0 radical (unpaired) electrons. The lowest BCUT2D eigenvalue weighted by Gasteiger charge is -2.39. The predicted octanol–water partition coefficient (Wildman–Crippen LogP) is 3.85. The topological polar surface area (TPSA) is 127 Å². The van der Waals surface area contributed by atoms with Crippen molar-refractivity contribution in [2.75, 3.05) is 12.3 Å². The second-order valence-corrected chi connectivity index (χ2v) is 18.0. The van der Waals surface area contributed by atoms with Crippen molar-refractivity contribution < 1.29 is 23.7 Å². The Morgan fingerprint density at radius 3 is 2.64 bits per heavy atom. The van der Waals surface area contributed by atoms with Crippen molar-refractivity contribution in [1.29, 1.82) is 0 Å². The molecule has 2 aromatic heterocycles. The van der Waals surface area contributed by atoms with Gasteiger partial charge in [0.05, 0.1) is 18.1 Å². The summed E-state index contributed by atoms with van der Waals surface area (Å²) < 4.78 is 27.0. The highest BCUT2D eigenvalue weighted by Crippen LogP contribution is 2.47. The molecular weight excluding hydrogens is 498 g/mol. The molecule has 0 spiro atoms. The summed E-state index contributed by atoms with van der Waals surface area (Å²) in [7, 11) is -1.91. The molecule has 200 valence electrons. The lowest BCUT2D eigenvalue weighted by Crippen LogP contribution is -2.45. The molecule has 12 heteroatoms. The van der Waals surface area contributed by atoms with E-state index in [1.54, 1.807) is 16.4 Å². The maximum absolute atomic E-state index is 9.93. The minimum atomic E-state index is -1.91. The number of aliphatic hydroxyl groups is 1. The molecule has 1 aliphatic carbocycles. The molecule has 1 saturated carbocycles. The van der Waals surface area contributed by atoms with Crippen molar-refractivity contribution in [2.24, 2.45) is 0 Å². The van der Waals surface area contributed by atoms with Gasteiger partial charge < -0.3 is 29.5 Å². The molecule has 2 aliphatic heterocycles. The van der Waals surface area contributed by atoms with Crippen molar-refractivity contribution in [2.45, 2.75) is 119 Å². The van der Waals surface area contributed by atoms with Gasteiger partial charge in [-0.3, -0.25) is 0 Å². The Labute approximate surface area is 217 Å². The quantitative estimate of drug-likeness (QED) is 0.525. The molecule has 6 atom stereocenters. The van der Waals surface area contributed by atoms with Gasteiger partial charge in [0.2, 0.25) is 0 Å². The van der Waals surface area contributed by atoms with Gasteiger partial charge in [-0.25, -0.2) is 14.6 Å². The molecule has 36 heavy (non-hydrogen) atoms. The number of hydrogen-bond donors (Lipinski definition) is 2. The zero-order valence-corrected chi connectivity index (χ0v) is 24.0. The van der Waals surface area contributed by atoms with Crippen LogP contribution in [0.1, 0.15) is 60.1 Å². The van der Waals surface area contributed by atoms with Gasteiger partial charge in [0, 0.05) is 5.25 Å². The number of thioether (sulfide) groups is 1. The van der Waals surface area contributed by atoms with Crippen molar-refractivity contribution in [3.05, 3.63) is 6.33 Å². The van der Waals surface area contributed by atoms with Crippen LogP contribution in [-0.4, -0.2) is 75.2 Å². The van der Waals surface area contributed by atoms with Gasteiger partial charge in [0.1, 0.15) is 35.5 Å². The van der Waals surface area contributed by atoms with Crippen LogP contribution in [0.3, 0.4) is 0 Å². The van der Waals surface area contributed by atoms with Crippen molar-refractivity contribution in [3.8, 4) is 0 Å². The lowest BCUT2D eigenvalue weighted by molar-refractivity contribution is -0.201. The molecule has 0 amide bonds. The number of ether oxygens (including phenoxy) is 3. The van der Waals surface area contributed by atoms with E-state index in [0.29, 0.717) is 16.9 Å². The number of nitrogens with two attached hydrogens (primary N) is 1. The van der Waals surface area contributed by atoms with Crippen LogP contribution in [0.25, 0.3) is 11.0 Å². The number of anilines is 1. The molecule has 1 unspecified atom stereocenters. The lowest BCUT2D eigenvalue weighted by atomic mass is 10.1. The summed E-state index contributed by atoms with van der Waals surface area (Å²) in [5, 5.41) is 16.8. The third kappa shape index (κ3) is 4.59. The van der Waals surface area contributed by atoms with Crippen LogP contribution in [-0.2, 0) is 18.6 Å². The van der Waals surface area contributed by atoms with E-state index in [4.69, 9.17) is 29.5 Å². The van der Waals surface area contributed by atoms with Gasteiger partial charge in [-0.2, -0.15) is 5.10 Å². The van der Waals surface area contributed by atoms with E-state index in [0.717, 1.165) is 24.3 Å². The molecule has 3 aliphatic rings. The molecule has 4 heterocycles. The largest absolute Gasteiger partial charge is 0.413 e. The summed E-state index contributed by atoms with van der Waals surface area (Å²) in [6.45, 7) is 15.0. The summed E-state index contributed by atoms with van der Waals surface area (Å²) in [6.07, 6.45) is 2.86. The minimum absolute atomic E-state index is 0.147. The number of hydrogen-bond acceptors (Lipinski definition) is 10. The predicted molar refractivity (Wildman–Crippen MR) is 140 cm³/mol. The van der Waals surface area contributed by atoms with Gasteiger partial charge in [-0.05, 0) is 51.2 Å². The normalized spacial score (nSPS) is 32.4. The Bertz CT molecular complexity index is 1120. The van der Waals surface area contributed by atoms with Crippen LogP contribution in [0.5, 0.6) is 0 Å². The van der Waals surface area contributed by atoms with E-state index >= 15 is 0 Å². The first kappa shape index (κ1) is 26.3. The van der Waals surface area contributed by atoms with Crippen LogP contribution >= 0.6 is 11.8 Å². The molecule has 10 nitrogen and oxygen atoms in total. The fourth-order valence-corrected chi connectivity index (χ4v) is 7.94. The fraction of sp³-hybridized carbons (Fsp3) is 0.792. The summed E-state index contributed by atoms with van der Waals surface area (Å²) in [5.74, 6) is -0.400. The molecule has 0 bridgehead atoms. The SMILES string of the molecule is CC1(C)O[C@@H]2[C@H](O1)[C@@H](CO)O[C@H]2n1nc(S[C@H]2CCCC2O[Si](C)(C)C(C)(C)C)c2c(N)ncnc21. The second kappa shape index (κ2) is 9.18. The van der Waals surface area contributed by atoms with E-state index in [9.17, 15) is 5.11 Å². The summed E-state index contributed by atoms with van der Waals surface area (Å²) in [5.41, 5.74) is 6.95. The van der Waals surface area contributed by atoms with Gasteiger partial charge in [0.25, 0.3) is 0 Å². The molecule has 2 saturated heterocycles. The van der Waals surface area contributed by atoms with Crippen LogP contribution in [0.15, 0.2) is 11.4 Å². The third-order valence-electron chi connectivity index (χ3n) is 7.94. The zero-order chi connectivity index (χ0) is 26.0. The maximum atomic E-state index is 9.93. The average Bonchev–Trinajstić information content (AvgIpc) is 3.50. The molecule has 3 fully saturated rings. The van der Waals surface area contributed by atoms with Crippen molar-refractivity contribution in [3.63, 3.8) is 0 Å². The fourth-order valence-electron chi connectivity index (χ4n) is 5.09. The van der Waals surface area contributed by atoms with Gasteiger partial charge >= 0.3 is 0 Å². The highest BCUT2D eigenvalue weighted by Gasteiger charge is 2.56. The number of aliphatic hydroxyl groups excluding tert-OH is 1. The van der Waals surface area contributed by atoms with E-state index in [-0.39, 0.29) is 23.0 Å². The van der Waals surface area contributed by atoms with E-state index in [1.165, 1.54) is 6.33 Å². The molecule has 0 aromatic carbocycles. The minimum Gasteiger partial charge on any atom is -0.413 e. The van der Waals surface area contributed by atoms with Crippen LogP contribution in [0.4, 0.5) is 5.82 Å². The maximum Gasteiger partial charge on any atom is 0.192 e. The number of aromatic nitrogens is 4. The summed E-state index contributed by atoms with van der Waals surface area (Å²) >= 11 is 1.69. The number of nitrogen functional groups attached to an aromatic ring is 1. The summed E-state index contributed by atoms with van der Waals surface area (Å²) in [6, 6.07) is 0. The highest BCUT2D eigenvalue weighted by molar-refractivity contribution is 8.00. The van der Waals surface area contributed by atoms with E-state index in [2.05, 4.69) is 43.8 Å². The van der Waals surface area contributed by atoms with Gasteiger partial charge in [0.15, 0.2) is 26.0 Å². The van der Waals surface area contributed by atoms with Crippen LogP contribution in [0, 0.1) is 0 Å².